The molecule has 1 aromatic carbocycles. The van der Waals surface area contributed by atoms with Crippen LogP contribution in [-0.4, -0.2) is 10.2 Å². The molecule has 3 rings (SSSR count). The van der Waals surface area contributed by atoms with Crippen LogP contribution < -0.4 is 0 Å². The molecule has 0 aliphatic heterocycles. The third-order valence-electron chi connectivity index (χ3n) is 3.40. The maximum absolute atomic E-state index is 5.66. The molecule has 1 saturated carbocycles. The van der Waals surface area contributed by atoms with Gasteiger partial charge < -0.3 is 4.42 Å². The summed E-state index contributed by atoms with van der Waals surface area (Å²) in [5.74, 6) is 3.94. The summed E-state index contributed by atoms with van der Waals surface area (Å²) >= 11 is 1.83. The van der Waals surface area contributed by atoms with E-state index in [0.717, 1.165) is 23.3 Å². The van der Waals surface area contributed by atoms with Crippen molar-refractivity contribution in [1.29, 1.82) is 0 Å². The number of rotatable bonds is 5. The van der Waals surface area contributed by atoms with Crippen molar-refractivity contribution < 1.29 is 4.42 Å². The van der Waals surface area contributed by atoms with E-state index >= 15 is 0 Å². The molecule has 4 heteroatoms. The SMILES string of the molecule is Cc1ccc(C)c(CSCc2nnc(C3CC3)o2)c1. The fraction of sp³-hybridized carbons (Fsp3) is 0.467. The van der Waals surface area contributed by atoms with Crippen molar-refractivity contribution in [3.8, 4) is 0 Å². The van der Waals surface area contributed by atoms with Gasteiger partial charge in [-0.1, -0.05) is 23.8 Å². The molecule has 100 valence electrons. The lowest BCUT2D eigenvalue weighted by molar-refractivity contribution is 0.466. The number of nitrogens with zero attached hydrogens (tertiary/aromatic N) is 2. The third kappa shape index (κ3) is 3.18. The molecule has 0 atom stereocenters. The molecule has 0 bridgehead atoms. The zero-order valence-corrected chi connectivity index (χ0v) is 12.2. The first kappa shape index (κ1) is 12.7. The van der Waals surface area contributed by atoms with E-state index in [1.807, 2.05) is 11.8 Å². The number of thioether (sulfide) groups is 1. The topological polar surface area (TPSA) is 38.9 Å². The molecular weight excluding hydrogens is 256 g/mol. The molecule has 1 aliphatic rings. The second-order valence-electron chi connectivity index (χ2n) is 5.23. The minimum atomic E-state index is 0.547. The molecule has 1 aliphatic carbocycles. The highest BCUT2D eigenvalue weighted by molar-refractivity contribution is 7.97. The zero-order chi connectivity index (χ0) is 13.2. The standard InChI is InChI=1S/C15H18N2OS/c1-10-3-4-11(2)13(7-10)8-19-9-14-16-17-15(18-14)12-5-6-12/h3-4,7,12H,5-6,8-9H2,1-2H3. The first-order valence-corrected chi connectivity index (χ1v) is 7.84. The molecule has 19 heavy (non-hydrogen) atoms. The summed E-state index contributed by atoms with van der Waals surface area (Å²) in [4.78, 5) is 0. The minimum absolute atomic E-state index is 0.547. The lowest BCUT2D eigenvalue weighted by Gasteiger charge is -2.05. The van der Waals surface area contributed by atoms with Crippen molar-refractivity contribution in [2.75, 3.05) is 0 Å². The van der Waals surface area contributed by atoms with Crippen LogP contribution in [0.1, 0.15) is 47.2 Å². The normalized spacial score (nSPS) is 14.8. The Morgan fingerprint density at radius 2 is 2.05 bits per heavy atom. The van der Waals surface area contributed by atoms with Crippen molar-refractivity contribution >= 4 is 11.8 Å². The van der Waals surface area contributed by atoms with Gasteiger partial charge >= 0.3 is 0 Å². The molecule has 0 unspecified atom stereocenters. The molecule has 1 fully saturated rings. The van der Waals surface area contributed by atoms with Gasteiger partial charge in [-0.15, -0.1) is 22.0 Å². The molecule has 3 nitrogen and oxygen atoms in total. The van der Waals surface area contributed by atoms with Crippen LogP contribution >= 0.6 is 11.8 Å². The van der Waals surface area contributed by atoms with Gasteiger partial charge in [-0.3, -0.25) is 0 Å². The predicted octanol–water partition coefficient (Wildman–Crippen LogP) is 4.00. The van der Waals surface area contributed by atoms with Gasteiger partial charge in [0.1, 0.15) is 0 Å². The van der Waals surface area contributed by atoms with Gasteiger partial charge in [-0.25, -0.2) is 0 Å². The van der Waals surface area contributed by atoms with Gasteiger partial charge in [0, 0.05) is 11.7 Å². The van der Waals surface area contributed by atoms with Crippen LogP contribution in [0.25, 0.3) is 0 Å². The Morgan fingerprint density at radius 3 is 2.84 bits per heavy atom. The first-order chi connectivity index (χ1) is 9.22. The summed E-state index contributed by atoms with van der Waals surface area (Å²) in [7, 11) is 0. The van der Waals surface area contributed by atoms with Crippen molar-refractivity contribution in [3.63, 3.8) is 0 Å². The van der Waals surface area contributed by atoms with Crippen LogP contribution in [0.15, 0.2) is 22.6 Å². The quantitative estimate of drug-likeness (QED) is 0.826. The second-order valence-corrected chi connectivity index (χ2v) is 6.22. The molecule has 1 heterocycles. The number of aromatic nitrogens is 2. The molecule has 0 amide bonds. The molecule has 0 spiro atoms. The van der Waals surface area contributed by atoms with Crippen molar-refractivity contribution in [2.45, 2.75) is 44.1 Å². The minimum Gasteiger partial charge on any atom is -0.424 e. The second kappa shape index (κ2) is 5.37. The van der Waals surface area contributed by atoms with Gasteiger partial charge in [-0.05, 0) is 37.8 Å². The smallest absolute Gasteiger partial charge is 0.226 e. The molecule has 0 N–H and O–H groups in total. The summed E-state index contributed by atoms with van der Waals surface area (Å²) < 4.78 is 5.66. The fourth-order valence-electron chi connectivity index (χ4n) is 2.02. The van der Waals surface area contributed by atoms with Crippen LogP contribution in [0.2, 0.25) is 0 Å². The Balaban J connectivity index is 1.55. The van der Waals surface area contributed by atoms with E-state index < -0.39 is 0 Å². The van der Waals surface area contributed by atoms with Gasteiger partial charge in [-0.2, -0.15) is 0 Å². The van der Waals surface area contributed by atoms with E-state index in [2.05, 4.69) is 42.2 Å². The summed E-state index contributed by atoms with van der Waals surface area (Å²) in [5.41, 5.74) is 4.06. The zero-order valence-electron chi connectivity index (χ0n) is 11.3. The molecule has 2 aromatic rings. The van der Waals surface area contributed by atoms with Crippen molar-refractivity contribution in [2.24, 2.45) is 0 Å². The Bertz CT molecular complexity index is 575. The lowest BCUT2D eigenvalue weighted by Crippen LogP contribution is -1.89. The van der Waals surface area contributed by atoms with E-state index in [1.165, 1.54) is 29.5 Å². The van der Waals surface area contributed by atoms with Gasteiger partial charge in [0.25, 0.3) is 0 Å². The molecule has 0 saturated heterocycles. The maximum atomic E-state index is 5.66. The van der Waals surface area contributed by atoms with Crippen LogP contribution in [-0.2, 0) is 11.5 Å². The number of benzene rings is 1. The maximum Gasteiger partial charge on any atom is 0.226 e. The van der Waals surface area contributed by atoms with E-state index in [9.17, 15) is 0 Å². The van der Waals surface area contributed by atoms with E-state index in [1.54, 1.807) is 0 Å². The average Bonchev–Trinajstić information content (AvgIpc) is 3.14. The number of aryl methyl sites for hydroxylation is 2. The summed E-state index contributed by atoms with van der Waals surface area (Å²) in [6.07, 6.45) is 2.41. The highest BCUT2D eigenvalue weighted by Crippen LogP contribution is 2.39. The average molecular weight is 274 g/mol. The summed E-state index contributed by atoms with van der Waals surface area (Å²) in [5, 5.41) is 8.22. The highest BCUT2D eigenvalue weighted by atomic mass is 32.2. The highest BCUT2D eigenvalue weighted by Gasteiger charge is 2.29. The van der Waals surface area contributed by atoms with Gasteiger partial charge in [0.15, 0.2) is 0 Å². The summed E-state index contributed by atoms with van der Waals surface area (Å²) in [6.45, 7) is 4.29. The van der Waals surface area contributed by atoms with E-state index in [-0.39, 0.29) is 0 Å². The molecule has 1 aromatic heterocycles. The Labute approximate surface area is 117 Å². The largest absolute Gasteiger partial charge is 0.424 e. The predicted molar refractivity (Wildman–Crippen MR) is 77.2 cm³/mol. The first-order valence-electron chi connectivity index (χ1n) is 6.68. The third-order valence-corrected chi connectivity index (χ3v) is 4.36. The Kier molecular flexibility index (Phi) is 3.60. The Morgan fingerprint density at radius 1 is 1.21 bits per heavy atom. The fourth-order valence-corrected chi connectivity index (χ4v) is 2.95. The van der Waals surface area contributed by atoms with Crippen LogP contribution in [0.3, 0.4) is 0 Å². The van der Waals surface area contributed by atoms with Crippen LogP contribution in [0.5, 0.6) is 0 Å². The van der Waals surface area contributed by atoms with E-state index in [4.69, 9.17) is 4.42 Å². The van der Waals surface area contributed by atoms with Gasteiger partial charge in [0.05, 0.1) is 5.75 Å². The number of hydrogen-bond donors (Lipinski definition) is 0. The molecule has 0 radical (unpaired) electrons. The van der Waals surface area contributed by atoms with Crippen LogP contribution in [0.4, 0.5) is 0 Å². The van der Waals surface area contributed by atoms with Crippen LogP contribution in [0, 0.1) is 13.8 Å². The van der Waals surface area contributed by atoms with E-state index in [0.29, 0.717) is 5.92 Å². The monoisotopic (exact) mass is 274 g/mol. The van der Waals surface area contributed by atoms with Crippen molar-refractivity contribution in [1.82, 2.24) is 10.2 Å². The molecular formula is C15H18N2OS. The summed E-state index contributed by atoms with van der Waals surface area (Å²) in [6, 6.07) is 6.60. The lowest BCUT2D eigenvalue weighted by atomic mass is 10.1. The van der Waals surface area contributed by atoms with Crippen molar-refractivity contribution in [3.05, 3.63) is 46.7 Å². The number of hydrogen-bond acceptors (Lipinski definition) is 4. The Hall–Kier alpha value is -1.29. The van der Waals surface area contributed by atoms with Gasteiger partial charge in [0.2, 0.25) is 11.8 Å².